The van der Waals surface area contributed by atoms with Crippen molar-refractivity contribution in [1.82, 2.24) is 0 Å². The van der Waals surface area contributed by atoms with Crippen LogP contribution in [0.3, 0.4) is 0 Å². The predicted molar refractivity (Wildman–Crippen MR) is 85.2 cm³/mol. The van der Waals surface area contributed by atoms with Crippen molar-refractivity contribution in [2.75, 3.05) is 5.32 Å². The van der Waals surface area contributed by atoms with E-state index < -0.39 is 5.82 Å². The van der Waals surface area contributed by atoms with Gasteiger partial charge in [0.1, 0.15) is 5.82 Å². The molecule has 5 heteroatoms. The minimum atomic E-state index is -0.430. The molecular weight excluding hydrogens is 364 g/mol. The molecule has 20 heavy (non-hydrogen) atoms. The van der Waals surface area contributed by atoms with Crippen molar-refractivity contribution in [1.29, 1.82) is 0 Å². The second-order valence-corrected chi connectivity index (χ2v) is 6.46. The average molecular weight is 375 g/mol. The van der Waals surface area contributed by atoms with Crippen molar-refractivity contribution in [2.24, 2.45) is 0 Å². The number of fused-ring (bicyclic) bond motifs is 1. The molecule has 1 aliphatic rings. The van der Waals surface area contributed by atoms with Gasteiger partial charge < -0.3 is 5.32 Å². The van der Waals surface area contributed by atoms with Crippen LogP contribution in [0, 0.1) is 5.82 Å². The quantitative estimate of drug-likeness (QED) is 0.680. The van der Waals surface area contributed by atoms with Gasteiger partial charge in [0.25, 0.3) is 0 Å². The summed E-state index contributed by atoms with van der Waals surface area (Å²) in [5, 5.41) is 3.94. The van der Waals surface area contributed by atoms with Gasteiger partial charge in [-0.2, -0.15) is 0 Å². The maximum absolute atomic E-state index is 13.2. The molecule has 104 valence electrons. The minimum Gasteiger partial charge on any atom is -0.376 e. The maximum atomic E-state index is 13.2. The molecule has 1 atom stereocenters. The molecule has 0 aliphatic heterocycles. The molecular formula is C15H11BrCl2FN. The van der Waals surface area contributed by atoms with Gasteiger partial charge >= 0.3 is 0 Å². The van der Waals surface area contributed by atoms with Gasteiger partial charge in [-0.1, -0.05) is 51.3 Å². The van der Waals surface area contributed by atoms with E-state index in [-0.39, 0.29) is 6.04 Å². The lowest BCUT2D eigenvalue weighted by Crippen LogP contribution is -2.08. The highest BCUT2D eigenvalue weighted by Crippen LogP contribution is 2.40. The Morgan fingerprint density at radius 2 is 1.90 bits per heavy atom. The van der Waals surface area contributed by atoms with Crippen LogP contribution in [0.2, 0.25) is 10.0 Å². The van der Waals surface area contributed by atoms with Gasteiger partial charge in [-0.05, 0) is 42.2 Å². The van der Waals surface area contributed by atoms with Gasteiger partial charge in [-0.25, -0.2) is 4.39 Å². The number of nitrogens with one attached hydrogen (secondary N) is 1. The number of rotatable bonds is 2. The van der Waals surface area contributed by atoms with E-state index in [1.165, 1.54) is 23.3 Å². The summed E-state index contributed by atoms with van der Waals surface area (Å²) in [6.45, 7) is 0. The van der Waals surface area contributed by atoms with Gasteiger partial charge in [0, 0.05) is 4.47 Å². The van der Waals surface area contributed by atoms with E-state index in [1.54, 1.807) is 0 Å². The normalized spacial score (nSPS) is 17.1. The third kappa shape index (κ3) is 2.54. The van der Waals surface area contributed by atoms with E-state index in [1.807, 2.05) is 12.1 Å². The lowest BCUT2D eigenvalue weighted by molar-refractivity contribution is 0.628. The van der Waals surface area contributed by atoms with Gasteiger partial charge in [-0.3, -0.25) is 0 Å². The van der Waals surface area contributed by atoms with Gasteiger partial charge in [0.05, 0.1) is 21.8 Å². The Balaban J connectivity index is 1.94. The first-order valence-corrected chi connectivity index (χ1v) is 7.79. The Morgan fingerprint density at radius 1 is 1.20 bits per heavy atom. The average Bonchev–Trinajstić information content (AvgIpc) is 2.78. The van der Waals surface area contributed by atoms with E-state index in [0.717, 1.165) is 17.3 Å². The van der Waals surface area contributed by atoms with Crippen molar-refractivity contribution in [3.8, 4) is 0 Å². The molecule has 0 spiro atoms. The molecule has 1 aliphatic carbocycles. The summed E-state index contributed by atoms with van der Waals surface area (Å²) in [7, 11) is 0. The maximum Gasteiger partial charge on any atom is 0.126 e. The number of halogens is 4. The van der Waals surface area contributed by atoms with Gasteiger partial charge in [0.15, 0.2) is 0 Å². The predicted octanol–water partition coefficient (Wildman–Crippen LogP) is 5.99. The fourth-order valence-electron chi connectivity index (χ4n) is 2.61. The second kappa shape index (κ2) is 5.55. The van der Waals surface area contributed by atoms with Crippen LogP contribution in [0.15, 0.2) is 34.8 Å². The molecule has 1 nitrogen and oxygen atoms in total. The first kappa shape index (κ1) is 14.2. The topological polar surface area (TPSA) is 12.0 Å². The molecule has 0 heterocycles. The summed E-state index contributed by atoms with van der Waals surface area (Å²) in [5.74, 6) is -0.430. The molecule has 1 N–H and O–H groups in total. The first-order valence-electron chi connectivity index (χ1n) is 6.24. The second-order valence-electron chi connectivity index (χ2n) is 4.79. The molecule has 2 aromatic rings. The molecule has 2 aromatic carbocycles. The number of anilines is 1. The molecule has 0 radical (unpaired) electrons. The molecule has 1 unspecified atom stereocenters. The zero-order chi connectivity index (χ0) is 14.3. The largest absolute Gasteiger partial charge is 0.376 e. The van der Waals surface area contributed by atoms with Crippen molar-refractivity contribution in [3.63, 3.8) is 0 Å². The van der Waals surface area contributed by atoms with Crippen LogP contribution in [0.5, 0.6) is 0 Å². The standard InChI is InChI=1S/C15H11BrCl2FN/c16-11-3-1-2-10-9(11)4-5-14(10)20-15-12(17)6-8(19)7-13(15)18/h1-3,6-7,14,20H,4-5H2. The Labute approximate surface area is 135 Å². The number of benzene rings is 2. The van der Waals surface area contributed by atoms with Crippen molar-refractivity contribution < 1.29 is 4.39 Å². The van der Waals surface area contributed by atoms with Gasteiger partial charge in [0.2, 0.25) is 0 Å². The molecule has 0 saturated carbocycles. The third-order valence-corrected chi connectivity index (χ3v) is 4.88. The highest BCUT2D eigenvalue weighted by molar-refractivity contribution is 9.10. The monoisotopic (exact) mass is 373 g/mol. The lowest BCUT2D eigenvalue weighted by atomic mass is 10.1. The Morgan fingerprint density at radius 3 is 2.60 bits per heavy atom. The van der Waals surface area contributed by atoms with E-state index in [4.69, 9.17) is 23.2 Å². The fourth-order valence-corrected chi connectivity index (χ4v) is 3.76. The van der Waals surface area contributed by atoms with Crippen LogP contribution in [0.1, 0.15) is 23.6 Å². The zero-order valence-corrected chi connectivity index (χ0v) is 13.5. The highest BCUT2D eigenvalue weighted by atomic mass is 79.9. The smallest absolute Gasteiger partial charge is 0.126 e. The van der Waals surface area contributed by atoms with Crippen molar-refractivity contribution in [3.05, 3.63) is 61.8 Å². The van der Waals surface area contributed by atoms with E-state index in [9.17, 15) is 4.39 Å². The van der Waals surface area contributed by atoms with Crippen LogP contribution in [0.4, 0.5) is 10.1 Å². The van der Waals surface area contributed by atoms with Gasteiger partial charge in [-0.15, -0.1) is 0 Å². The number of hydrogen-bond donors (Lipinski definition) is 1. The minimum absolute atomic E-state index is 0.142. The SMILES string of the molecule is Fc1cc(Cl)c(NC2CCc3c(Br)cccc32)c(Cl)c1. The zero-order valence-electron chi connectivity index (χ0n) is 10.4. The molecule has 0 saturated heterocycles. The number of hydrogen-bond acceptors (Lipinski definition) is 1. The first-order chi connectivity index (χ1) is 9.56. The summed E-state index contributed by atoms with van der Waals surface area (Å²) >= 11 is 15.7. The Bertz CT molecular complexity index is 652. The Hall–Kier alpha value is -0.770. The third-order valence-electron chi connectivity index (χ3n) is 3.54. The van der Waals surface area contributed by atoms with Crippen LogP contribution in [0.25, 0.3) is 0 Å². The van der Waals surface area contributed by atoms with Crippen LogP contribution in [-0.2, 0) is 6.42 Å². The molecule has 0 bridgehead atoms. The van der Waals surface area contributed by atoms with Crippen LogP contribution < -0.4 is 5.32 Å². The molecule has 0 fully saturated rings. The lowest BCUT2D eigenvalue weighted by Gasteiger charge is -2.18. The summed E-state index contributed by atoms with van der Waals surface area (Å²) in [5.41, 5.74) is 3.13. The molecule has 0 amide bonds. The Kier molecular flexibility index (Phi) is 3.93. The van der Waals surface area contributed by atoms with E-state index >= 15 is 0 Å². The van der Waals surface area contributed by atoms with E-state index in [2.05, 4.69) is 27.3 Å². The fraction of sp³-hybridized carbons (Fsp3) is 0.200. The van der Waals surface area contributed by atoms with E-state index in [0.29, 0.717) is 15.7 Å². The van der Waals surface area contributed by atoms with Crippen LogP contribution >= 0.6 is 39.1 Å². The highest BCUT2D eigenvalue weighted by Gasteiger charge is 2.25. The van der Waals surface area contributed by atoms with Crippen molar-refractivity contribution in [2.45, 2.75) is 18.9 Å². The molecule has 0 aromatic heterocycles. The van der Waals surface area contributed by atoms with Crippen molar-refractivity contribution >= 4 is 44.8 Å². The summed E-state index contributed by atoms with van der Waals surface area (Å²) in [4.78, 5) is 0. The summed E-state index contributed by atoms with van der Waals surface area (Å²) < 4.78 is 14.3. The summed E-state index contributed by atoms with van der Waals surface area (Å²) in [6.07, 6.45) is 1.95. The molecule has 3 rings (SSSR count). The van der Waals surface area contributed by atoms with Crippen LogP contribution in [-0.4, -0.2) is 0 Å². The summed E-state index contributed by atoms with van der Waals surface area (Å²) in [6, 6.07) is 8.83.